The summed E-state index contributed by atoms with van der Waals surface area (Å²) in [5, 5.41) is 7.36. The molecule has 1 unspecified atom stereocenters. The lowest BCUT2D eigenvalue weighted by molar-refractivity contribution is 0.0247. The number of halogens is 1. The van der Waals surface area contributed by atoms with Crippen molar-refractivity contribution in [2.45, 2.75) is 31.9 Å². The van der Waals surface area contributed by atoms with Gasteiger partial charge in [0, 0.05) is 20.3 Å². The fourth-order valence-electron chi connectivity index (χ4n) is 2.12. The van der Waals surface area contributed by atoms with E-state index in [1.807, 2.05) is 0 Å². The minimum Gasteiger partial charge on any atom is -0.383 e. The van der Waals surface area contributed by atoms with Crippen LogP contribution in [0.5, 0.6) is 0 Å². The highest BCUT2D eigenvalue weighted by atomic mass is 79.9. The summed E-state index contributed by atoms with van der Waals surface area (Å²) in [6.45, 7) is 2.42. The van der Waals surface area contributed by atoms with Crippen LogP contribution in [0.3, 0.4) is 0 Å². The third-order valence-electron chi connectivity index (χ3n) is 3.29. The molecular formula is C13H20BrN3O3. The Morgan fingerprint density at radius 3 is 3.15 bits per heavy atom. The van der Waals surface area contributed by atoms with Gasteiger partial charge in [-0.2, -0.15) is 5.10 Å². The van der Waals surface area contributed by atoms with Gasteiger partial charge in [0.1, 0.15) is 4.47 Å². The predicted octanol–water partition coefficient (Wildman–Crippen LogP) is 1.63. The fraction of sp³-hybridized carbons (Fsp3) is 0.692. The summed E-state index contributed by atoms with van der Waals surface area (Å²) in [6, 6.07) is 0. The van der Waals surface area contributed by atoms with Gasteiger partial charge in [0.25, 0.3) is 5.56 Å². The van der Waals surface area contributed by atoms with E-state index in [2.05, 4.69) is 26.3 Å². The molecule has 0 spiro atoms. The Bertz CT molecular complexity index is 486. The van der Waals surface area contributed by atoms with Crippen molar-refractivity contribution in [1.82, 2.24) is 9.78 Å². The SMILES string of the molecule is COCCn1ncc(NCC2CCCCO2)c(Br)c1=O. The van der Waals surface area contributed by atoms with Crippen LogP contribution >= 0.6 is 15.9 Å². The molecule has 1 saturated heterocycles. The highest BCUT2D eigenvalue weighted by Gasteiger charge is 2.15. The molecule has 1 fully saturated rings. The molecule has 1 atom stereocenters. The van der Waals surface area contributed by atoms with Gasteiger partial charge in [0.2, 0.25) is 0 Å². The molecule has 1 aromatic heterocycles. The van der Waals surface area contributed by atoms with Gasteiger partial charge in [-0.1, -0.05) is 0 Å². The average Bonchev–Trinajstić information content (AvgIpc) is 2.49. The molecule has 2 rings (SSSR count). The Kier molecular flexibility index (Phi) is 6.00. The molecule has 7 heteroatoms. The highest BCUT2D eigenvalue weighted by Crippen LogP contribution is 2.18. The van der Waals surface area contributed by atoms with Crippen LogP contribution in [0.4, 0.5) is 5.69 Å². The first kappa shape index (κ1) is 15.5. The van der Waals surface area contributed by atoms with Gasteiger partial charge in [-0.25, -0.2) is 4.68 Å². The first-order chi connectivity index (χ1) is 9.72. The number of aromatic nitrogens is 2. The Morgan fingerprint density at radius 1 is 1.60 bits per heavy atom. The number of methoxy groups -OCH3 is 1. The van der Waals surface area contributed by atoms with Gasteiger partial charge in [0.15, 0.2) is 0 Å². The van der Waals surface area contributed by atoms with Crippen molar-refractivity contribution in [3.05, 3.63) is 21.0 Å². The standard InChI is InChI=1S/C13H20BrN3O3/c1-19-7-5-17-13(18)12(14)11(9-16-17)15-8-10-4-2-3-6-20-10/h9-10,15H,2-8H2,1H3. The minimum atomic E-state index is -0.156. The summed E-state index contributed by atoms with van der Waals surface area (Å²) in [5.41, 5.74) is 0.550. The lowest BCUT2D eigenvalue weighted by Gasteiger charge is -2.23. The molecule has 112 valence electrons. The number of rotatable bonds is 6. The summed E-state index contributed by atoms with van der Waals surface area (Å²) in [7, 11) is 1.60. The van der Waals surface area contributed by atoms with E-state index in [4.69, 9.17) is 9.47 Å². The van der Waals surface area contributed by atoms with Gasteiger partial charge in [-0.15, -0.1) is 0 Å². The summed E-state index contributed by atoms with van der Waals surface area (Å²) in [4.78, 5) is 12.1. The van der Waals surface area contributed by atoms with Crippen LogP contribution in [0.25, 0.3) is 0 Å². The maximum absolute atomic E-state index is 12.1. The molecule has 0 radical (unpaired) electrons. The third-order valence-corrected chi connectivity index (χ3v) is 4.05. The smallest absolute Gasteiger partial charge is 0.283 e. The van der Waals surface area contributed by atoms with E-state index >= 15 is 0 Å². The zero-order valence-corrected chi connectivity index (χ0v) is 13.2. The summed E-state index contributed by atoms with van der Waals surface area (Å²) < 4.78 is 12.5. The lowest BCUT2D eigenvalue weighted by Crippen LogP contribution is -2.29. The van der Waals surface area contributed by atoms with Gasteiger partial charge >= 0.3 is 0 Å². The Hall–Kier alpha value is -0.920. The molecular weight excluding hydrogens is 326 g/mol. The molecule has 2 heterocycles. The monoisotopic (exact) mass is 345 g/mol. The van der Waals surface area contributed by atoms with Crippen LogP contribution in [-0.2, 0) is 16.0 Å². The second-order valence-electron chi connectivity index (χ2n) is 4.76. The van der Waals surface area contributed by atoms with Crippen molar-refractivity contribution in [3.8, 4) is 0 Å². The van der Waals surface area contributed by atoms with Gasteiger partial charge in [0.05, 0.1) is 31.1 Å². The van der Waals surface area contributed by atoms with Gasteiger partial charge < -0.3 is 14.8 Å². The maximum atomic E-state index is 12.1. The molecule has 1 aliphatic heterocycles. The van der Waals surface area contributed by atoms with E-state index in [9.17, 15) is 4.79 Å². The van der Waals surface area contributed by atoms with E-state index < -0.39 is 0 Å². The summed E-state index contributed by atoms with van der Waals surface area (Å²) in [6.07, 6.45) is 5.26. The largest absolute Gasteiger partial charge is 0.383 e. The molecule has 0 amide bonds. The number of hydrogen-bond donors (Lipinski definition) is 1. The zero-order valence-electron chi connectivity index (χ0n) is 11.6. The minimum absolute atomic E-state index is 0.156. The van der Waals surface area contributed by atoms with E-state index in [0.29, 0.717) is 29.9 Å². The highest BCUT2D eigenvalue weighted by molar-refractivity contribution is 9.10. The quantitative estimate of drug-likeness (QED) is 0.848. The van der Waals surface area contributed by atoms with Crippen molar-refractivity contribution in [3.63, 3.8) is 0 Å². The Morgan fingerprint density at radius 2 is 2.45 bits per heavy atom. The molecule has 0 aromatic carbocycles. The van der Waals surface area contributed by atoms with Crippen molar-refractivity contribution in [2.75, 3.05) is 32.2 Å². The third kappa shape index (κ3) is 4.04. The van der Waals surface area contributed by atoms with Crippen molar-refractivity contribution in [2.24, 2.45) is 0 Å². The second kappa shape index (κ2) is 7.75. The Balaban J connectivity index is 1.97. The summed E-state index contributed by atoms with van der Waals surface area (Å²) >= 11 is 3.33. The Labute approximate surface area is 126 Å². The molecule has 1 N–H and O–H groups in total. The van der Waals surface area contributed by atoms with Crippen molar-refractivity contribution in [1.29, 1.82) is 0 Å². The van der Waals surface area contributed by atoms with Gasteiger partial charge in [-0.3, -0.25) is 4.79 Å². The molecule has 1 aliphatic rings. The van der Waals surface area contributed by atoms with Crippen LogP contribution in [0.1, 0.15) is 19.3 Å². The van der Waals surface area contributed by atoms with E-state index in [0.717, 1.165) is 19.4 Å². The van der Waals surface area contributed by atoms with Gasteiger partial charge in [-0.05, 0) is 35.2 Å². The molecule has 0 saturated carbocycles. The van der Waals surface area contributed by atoms with Crippen molar-refractivity contribution < 1.29 is 9.47 Å². The fourth-order valence-corrected chi connectivity index (χ4v) is 2.56. The van der Waals surface area contributed by atoms with E-state index in [1.165, 1.54) is 11.1 Å². The number of nitrogens with zero attached hydrogens (tertiary/aromatic N) is 2. The van der Waals surface area contributed by atoms with Crippen LogP contribution in [-0.4, -0.2) is 42.8 Å². The van der Waals surface area contributed by atoms with Crippen LogP contribution in [0.15, 0.2) is 15.5 Å². The van der Waals surface area contributed by atoms with E-state index in [1.54, 1.807) is 13.3 Å². The molecule has 1 aromatic rings. The normalized spacial score (nSPS) is 19.0. The molecule has 20 heavy (non-hydrogen) atoms. The first-order valence-electron chi connectivity index (χ1n) is 6.82. The number of anilines is 1. The second-order valence-corrected chi connectivity index (χ2v) is 5.56. The van der Waals surface area contributed by atoms with Crippen LogP contribution < -0.4 is 10.9 Å². The predicted molar refractivity (Wildman–Crippen MR) is 80.2 cm³/mol. The first-order valence-corrected chi connectivity index (χ1v) is 7.61. The number of nitrogens with one attached hydrogen (secondary N) is 1. The molecule has 0 aliphatic carbocycles. The average molecular weight is 346 g/mol. The zero-order chi connectivity index (χ0) is 14.4. The van der Waals surface area contributed by atoms with E-state index in [-0.39, 0.29) is 11.7 Å². The molecule has 0 bridgehead atoms. The maximum Gasteiger partial charge on any atom is 0.283 e. The van der Waals surface area contributed by atoms with Crippen molar-refractivity contribution >= 4 is 21.6 Å². The lowest BCUT2D eigenvalue weighted by atomic mass is 10.1. The molecule has 6 nitrogen and oxygen atoms in total. The summed E-state index contributed by atoms with van der Waals surface area (Å²) in [5.74, 6) is 0. The van der Waals surface area contributed by atoms with Crippen LogP contribution in [0.2, 0.25) is 0 Å². The number of ether oxygens (including phenoxy) is 2. The number of hydrogen-bond acceptors (Lipinski definition) is 5. The van der Waals surface area contributed by atoms with Crippen LogP contribution in [0, 0.1) is 0 Å². The topological polar surface area (TPSA) is 65.4 Å².